The Hall–Kier alpha value is -5.00. The summed E-state index contributed by atoms with van der Waals surface area (Å²) in [4.78, 5) is 8.92. The fourth-order valence-corrected chi connectivity index (χ4v) is 4.85. The maximum atomic E-state index is 13.5. The molecule has 0 saturated carbocycles. The van der Waals surface area contributed by atoms with Crippen LogP contribution in [0.15, 0.2) is 66.8 Å². The minimum Gasteiger partial charge on any atom is -0.383 e. The Morgan fingerprint density at radius 1 is 1.00 bits per heavy atom. The fraction of sp³-hybridized carbons (Fsp3) is 0.290. The van der Waals surface area contributed by atoms with E-state index in [0.717, 1.165) is 16.5 Å². The van der Waals surface area contributed by atoms with Gasteiger partial charge in [0, 0.05) is 41.6 Å². The second-order valence-electron chi connectivity index (χ2n) is 11.3. The number of hydrazine groups is 2. The minimum absolute atomic E-state index is 0.0691. The van der Waals surface area contributed by atoms with Crippen molar-refractivity contribution in [2.75, 3.05) is 30.5 Å². The van der Waals surface area contributed by atoms with Gasteiger partial charge in [-0.05, 0) is 35.2 Å². The normalized spacial score (nSPS) is 13.9. The van der Waals surface area contributed by atoms with Crippen molar-refractivity contribution in [3.8, 4) is 12.1 Å². The van der Waals surface area contributed by atoms with Crippen LogP contribution in [0.1, 0.15) is 43.5 Å². The van der Waals surface area contributed by atoms with Gasteiger partial charge in [0.05, 0.1) is 39.6 Å². The predicted molar refractivity (Wildman–Crippen MR) is 159 cm³/mol. The van der Waals surface area contributed by atoms with Crippen molar-refractivity contribution in [2.24, 2.45) is 5.41 Å². The van der Waals surface area contributed by atoms with Crippen molar-refractivity contribution < 1.29 is 8.78 Å². The summed E-state index contributed by atoms with van der Waals surface area (Å²) in [5, 5.41) is 29.7. The van der Waals surface area contributed by atoms with Crippen LogP contribution in [0.5, 0.6) is 0 Å². The molecule has 9 nitrogen and oxygen atoms in total. The lowest BCUT2D eigenvalue weighted by atomic mass is 9.96. The monoisotopic (exact) mass is 567 g/mol. The highest BCUT2D eigenvalue weighted by atomic mass is 19.1. The molecule has 0 spiro atoms. The fourth-order valence-electron chi connectivity index (χ4n) is 4.85. The lowest BCUT2D eigenvalue weighted by Gasteiger charge is -2.24. The van der Waals surface area contributed by atoms with Crippen LogP contribution in [0.4, 0.5) is 20.2 Å². The van der Waals surface area contributed by atoms with Crippen LogP contribution in [-0.4, -0.2) is 40.9 Å². The number of benzene rings is 2. The summed E-state index contributed by atoms with van der Waals surface area (Å²) in [6.07, 6.45) is 4.83. The smallest absolute Gasteiger partial charge is 0.114 e. The number of nitrogens with zero attached hydrogens (tertiary/aromatic N) is 5. The number of aromatic nitrogens is 2. The number of halogens is 2. The molecular weight excluding hydrogens is 536 g/mol. The first-order valence-corrected chi connectivity index (χ1v) is 13.5. The lowest BCUT2D eigenvalue weighted by molar-refractivity contribution is 0.139. The second kappa shape index (κ2) is 11.9. The number of nitriles is 2. The molecule has 4 N–H and O–H groups in total. The number of nitrogens with one attached hydrogen (secondary N) is 4. The molecule has 0 aliphatic carbocycles. The summed E-state index contributed by atoms with van der Waals surface area (Å²) in [6, 6.07) is 16.0. The number of rotatable bonds is 9. The predicted octanol–water partition coefficient (Wildman–Crippen LogP) is 5.61. The third kappa shape index (κ3) is 5.73. The average Bonchev–Trinajstić information content (AvgIpc) is 3.47. The molecule has 0 unspecified atom stereocenters. The van der Waals surface area contributed by atoms with E-state index < -0.39 is 25.4 Å². The Kier molecular flexibility index (Phi) is 8.05. The molecule has 0 fully saturated rings. The molecular formula is C31H31F2N9. The van der Waals surface area contributed by atoms with E-state index in [0.29, 0.717) is 45.6 Å². The first kappa shape index (κ1) is 28.5. The molecule has 1 atom stereocenters. The number of hydrogen-bond acceptors (Lipinski definition) is 9. The van der Waals surface area contributed by atoms with E-state index in [-0.39, 0.29) is 5.41 Å². The highest BCUT2D eigenvalue weighted by Gasteiger charge is 2.28. The van der Waals surface area contributed by atoms with E-state index >= 15 is 0 Å². The molecule has 4 aromatic rings. The zero-order valence-corrected chi connectivity index (χ0v) is 23.5. The molecule has 1 aliphatic heterocycles. The van der Waals surface area contributed by atoms with Crippen molar-refractivity contribution >= 4 is 33.2 Å². The molecule has 2 aromatic heterocycles. The Balaban J connectivity index is 1.66. The van der Waals surface area contributed by atoms with Crippen LogP contribution >= 0.6 is 0 Å². The van der Waals surface area contributed by atoms with Crippen LogP contribution < -0.4 is 21.6 Å². The van der Waals surface area contributed by atoms with Gasteiger partial charge in [0.25, 0.3) is 0 Å². The third-order valence-electron chi connectivity index (χ3n) is 6.98. The summed E-state index contributed by atoms with van der Waals surface area (Å²) in [6.45, 7) is 5.10. The van der Waals surface area contributed by atoms with Crippen LogP contribution in [-0.2, 0) is 0 Å². The zero-order chi connectivity index (χ0) is 29.9. The van der Waals surface area contributed by atoms with Crippen molar-refractivity contribution in [1.29, 1.82) is 10.5 Å². The van der Waals surface area contributed by atoms with Crippen molar-refractivity contribution in [3.63, 3.8) is 0 Å². The summed E-state index contributed by atoms with van der Waals surface area (Å²) in [5.74, 6) is 0. The summed E-state index contributed by atoms with van der Waals surface area (Å²) < 4.78 is 27.0. The number of fused-ring (bicyclic) bond motifs is 2. The van der Waals surface area contributed by atoms with Gasteiger partial charge in [-0.2, -0.15) is 10.5 Å². The highest BCUT2D eigenvalue weighted by molar-refractivity contribution is 5.99. The minimum atomic E-state index is -0.998. The molecule has 0 amide bonds. The van der Waals surface area contributed by atoms with Crippen LogP contribution in [0.25, 0.3) is 21.8 Å². The van der Waals surface area contributed by atoms with E-state index in [2.05, 4.69) is 64.5 Å². The van der Waals surface area contributed by atoms with E-state index in [1.165, 1.54) is 11.2 Å². The summed E-state index contributed by atoms with van der Waals surface area (Å²) in [5.41, 5.74) is 10.4. The van der Waals surface area contributed by atoms with Gasteiger partial charge in [-0.25, -0.2) is 8.78 Å². The molecule has 0 radical (unpaired) electrons. The Morgan fingerprint density at radius 2 is 1.79 bits per heavy atom. The van der Waals surface area contributed by atoms with Gasteiger partial charge in [-0.3, -0.25) is 15.0 Å². The molecule has 3 heterocycles. The molecule has 214 valence electrons. The van der Waals surface area contributed by atoms with Gasteiger partial charge in [-0.15, -0.1) is 5.53 Å². The quantitative estimate of drug-likeness (QED) is 0.204. The largest absolute Gasteiger partial charge is 0.383 e. The van der Waals surface area contributed by atoms with Gasteiger partial charge >= 0.3 is 0 Å². The Bertz CT molecular complexity index is 1720. The van der Waals surface area contributed by atoms with E-state index in [9.17, 15) is 19.3 Å². The molecule has 2 aromatic carbocycles. The maximum absolute atomic E-state index is 13.5. The standard InChI is InChI=1S/C31H31F2N9/c1-31(2,3)18-38-29-20(15-35)16-37-28-19(14-34)10-21(11-25(28)29)39-30(27-17-42(41-40-27)22(12-32)13-33)24-6-4-8-26-23(24)7-5-9-36-26/h4-11,16-17,22,30,39-41H,12-13,18H2,1-3H3,(H,37,38)/t30-/m0/s1. The van der Waals surface area contributed by atoms with Gasteiger partial charge in [-0.1, -0.05) is 39.0 Å². The summed E-state index contributed by atoms with van der Waals surface area (Å²) >= 11 is 0. The topological polar surface area (TPSA) is 125 Å². The average molecular weight is 568 g/mol. The lowest BCUT2D eigenvalue weighted by Crippen LogP contribution is -2.45. The van der Waals surface area contributed by atoms with Crippen LogP contribution in [0.2, 0.25) is 0 Å². The van der Waals surface area contributed by atoms with Crippen LogP contribution in [0, 0.1) is 28.1 Å². The van der Waals surface area contributed by atoms with Gasteiger partial charge in [0.2, 0.25) is 0 Å². The number of hydrogen-bond donors (Lipinski definition) is 4. The zero-order valence-electron chi connectivity index (χ0n) is 23.5. The van der Waals surface area contributed by atoms with Crippen molar-refractivity contribution in [2.45, 2.75) is 32.9 Å². The molecule has 42 heavy (non-hydrogen) atoms. The maximum Gasteiger partial charge on any atom is 0.114 e. The number of pyridine rings is 2. The Morgan fingerprint density at radius 3 is 2.50 bits per heavy atom. The summed E-state index contributed by atoms with van der Waals surface area (Å²) in [7, 11) is 0. The number of alkyl halides is 2. The Labute approximate surface area is 242 Å². The highest BCUT2D eigenvalue weighted by Crippen LogP contribution is 2.36. The molecule has 0 bridgehead atoms. The number of anilines is 2. The first-order chi connectivity index (χ1) is 20.3. The van der Waals surface area contributed by atoms with Gasteiger partial charge in [0.15, 0.2) is 0 Å². The van der Waals surface area contributed by atoms with Gasteiger partial charge in [0.1, 0.15) is 31.5 Å². The molecule has 11 heteroatoms. The van der Waals surface area contributed by atoms with E-state index in [4.69, 9.17) is 0 Å². The molecule has 1 aliphatic rings. The second-order valence-corrected chi connectivity index (χ2v) is 11.3. The van der Waals surface area contributed by atoms with Crippen molar-refractivity contribution in [3.05, 3.63) is 83.4 Å². The third-order valence-corrected chi connectivity index (χ3v) is 6.98. The molecule has 0 saturated heterocycles. The van der Waals surface area contributed by atoms with E-state index in [1.807, 2.05) is 36.4 Å². The van der Waals surface area contributed by atoms with Gasteiger partial charge < -0.3 is 16.1 Å². The van der Waals surface area contributed by atoms with E-state index in [1.54, 1.807) is 18.5 Å². The SMILES string of the molecule is CC(C)(C)CNc1c(C#N)cnc2c(C#N)cc(N[C@H](C3=CN(C(CF)CF)NN3)c3cccc4ncccc34)cc12. The van der Waals surface area contributed by atoms with Crippen LogP contribution in [0.3, 0.4) is 0 Å². The molecule has 5 rings (SSSR count). The first-order valence-electron chi connectivity index (χ1n) is 13.5. The van der Waals surface area contributed by atoms with Crippen molar-refractivity contribution in [1.82, 2.24) is 25.9 Å².